The van der Waals surface area contributed by atoms with Gasteiger partial charge in [0.15, 0.2) is 5.84 Å². The fraction of sp³-hybridized carbons (Fsp3) is 0.143. The van der Waals surface area contributed by atoms with Crippen LogP contribution >= 0.6 is 11.8 Å². The Morgan fingerprint density at radius 1 is 1.37 bits per heavy atom. The van der Waals surface area contributed by atoms with E-state index >= 15 is 0 Å². The molecular weight excluding hydrogens is 258 g/mol. The Hall–Kier alpha value is -2.01. The molecule has 0 saturated carbocycles. The second-order valence-electron chi connectivity index (χ2n) is 4.14. The van der Waals surface area contributed by atoms with Crippen molar-refractivity contribution in [1.82, 2.24) is 4.98 Å². The SMILES string of the molecule is Cc1cccc(CSc2ccnc(C(N)=NO)c2)c1. The Morgan fingerprint density at radius 3 is 2.95 bits per heavy atom. The number of aryl methyl sites for hydroxylation is 1. The molecule has 0 radical (unpaired) electrons. The molecular formula is C14H15N3OS. The summed E-state index contributed by atoms with van der Waals surface area (Å²) in [6.07, 6.45) is 1.66. The molecule has 3 N–H and O–H groups in total. The third kappa shape index (κ3) is 3.72. The van der Waals surface area contributed by atoms with E-state index < -0.39 is 0 Å². The third-order valence-corrected chi connectivity index (χ3v) is 3.65. The molecule has 0 amide bonds. The summed E-state index contributed by atoms with van der Waals surface area (Å²) in [7, 11) is 0. The quantitative estimate of drug-likeness (QED) is 0.295. The highest BCUT2D eigenvalue weighted by atomic mass is 32.2. The van der Waals surface area contributed by atoms with Crippen molar-refractivity contribution in [3.8, 4) is 0 Å². The molecule has 98 valence electrons. The number of benzene rings is 1. The molecule has 1 aromatic heterocycles. The largest absolute Gasteiger partial charge is 0.409 e. The van der Waals surface area contributed by atoms with Gasteiger partial charge in [-0.2, -0.15) is 0 Å². The van der Waals surface area contributed by atoms with E-state index in [2.05, 4.69) is 41.3 Å². The molecule has 19 heavy (non-hydrogen) atoms. The number of hydrogen-bond acceptors (Lipinski definition) is 4. The van der Waals surface area contributed by atoms with E-state index in [0.29, 0.717) is 5.69 Å². The monoisotopic (exact) mass is 273 g/mol. The van der Waals surface area contributed by atoms with Crippen molar-refractivity contribution in [2.24, 2.45) is 10.9 Å². The molecule has 0 atom stereocenters. The average molecular weight is 273 g/mol. The molecule has 0 aliphatic heterocycles. The summed E-state index contributed by atoms with van der Waals surface area (Å²) >= 11 is 1.69. The van der Waals surface area contributed by atoms with Crippen LogP contribution in [0.4, 0.5) is 0 Å². The Balaban J connectivity index is 2.08. The molecule has 0 aliphatic carbocycles. The number of aromatic nitrogens is 1. The minimum absolute atomic E-state index is 0.0259. The highest BCUT2D eigenvalue weighted by Crippen LogP contribution is 2.23. The molecule has 0 unspecified atom stereocenters. The molecule has 0 fully saturated rings. The molecule has 1 heterocycles. The first-order valence-electron chi connectivity index (χ1n) is 5.81. The zero-order valence-corrected chi connectivity index (χ0v) is 11.4. The number of nitrogens with two attached hydrogens (primary N) is 1. The molecule has 0 spiro atoms. The Bertz CT molecular complexity index is 599. The highest BCUT2D eigenvalue weighted by Gasteiger charge is 2.03. The van der Waals surface area contributed by atoms with Crippen LogP contribution < -0.4 is 5.73 Å². The normalized spacial score (nSPS) is 11.5. The number of hydrogen-bond donors (Lipinski definition) is 2. The van der Waals surface area contributed by atoms with Crippen molar-refractivity contribution in [3.05, 3.63) is 59.4 Å². The van der Waals surface area contributed by atoms with Gasteiger partial charge >= 0.3 is 0 Å². The van der Waals surface area contributed by atoms with E-state index in [1.165, 1.54) is 11.1 Å². The van der Waals surface area contributed by atoms with E-state index in [1.54, 1.807) is 18.0 Å². The first kappa shape index (κ1) is 13.4. The summed E-state index contributed by atoms with van der Waals surface area (Å²) in [4.78, 5) is 5.09. The van der Waals surface area contributed by atoms with Crippen molar-refractivity contribution >= 4 is 17.6 Å². The van der Waals surface area contributed by atoms with Gasteiger partial charge in [-0.1, -0.05) is 35.0 Å². The number of thioether (sulfide) groups is 1. The van der Waals surface area contributed by atoms with Crippen molar-refractivity contribution in [2.45, 2.75) is 17.6 Å². The zero-order valence-electron chi connectivity index (χ0n) is 10.6. The summed E-state index contributed by atoms with van der Waals surface area (Å²) in [6.45, 7) is 2.08. The van der Waals surface area contributed by atoms with Crippen LogP contribution in [0, 0.1) is 6.92 Å². The molecule has 2 aromatic rings. The fourth-order valence-corrected chi connectivity index (χ4v) is 2.53. The first-order chi connectivity index (χ1) is 9.19. The summed E-state index contributed by atoms with van der Waals surface area (Å²) in [6, 6.07) is 12.1. The molecule has 4 nitrogen and oxygen atoms in total. The smallest absolute Gasteiger partial charge is 0.188 e. The first-order valence-corrected chi connectivity index (χ1v) is 6.80. The Labute approximate surface area is 116 Å². The zero-order chi connectivity index (χ0) is 13.7. The molecule has 2 rings (SSSR count). The standard InChI is InChI=1S/C14H15N3OS/c1-10-3-2-4-11(7-10)9-19-12-5-6-16-13(8-12)14(15)17-18/h2-8,18H,9H2,1H3,(H2,15,17). The molecule has 0 bridgehead atoms. The van der Waals surface area contributed by atoms with Gasteiger partial charge in [0.1, 0.15) is 5.69 Å². The summed E-state index contributed by atoms with van der Waals surface area (Å²) in [5.41, 5.74) is 8.53. The van der Waals surface area contributed by atoms with E-state index in [9.17, 15) is 0 Å². The van der Waals surface area contributed by atoms with Crippen LogP contribution in [-0.4, -0.2) is 16.0 Å². The highest BCUT2D eigenvalue weighted by molar-refractivity contribution is 7.98. The van der Waals surface area contributed by atoms with E-state index in [-0.39, 0.29) is 5.84 Å². The third-order valence-electron chi connectivity index (χ3n) is 2.59. The van der Waals surface area contributed by atoms with E-state index in [4.69, 9.17) is 10.9 Å². The molecule has 5 heteroatoms. The Morgan fingerprint density at radius 2 is 2.21 bits per heavy atom. The maximum absolute atomic E-state index is 8.63. The average Bonchev–Trinajstić information content (AvgIpc) is 2.45. The molecule has 0 saturated heterocycles. The lowest BCUT2D eigenvalue weighted by Gasteiger charge is -2.04. The van der Waals surface area contributed by atoms with Gasteiger partial charge < -0.3 is 10.9 Å². The van der Waals surface area contributed by atoms with Crippen molar-refractivity contribution < 1.29 is 5.21 Å². The predicted octanol–water partition coefficient (Wildman–Crippen LogP) is 2.78. The number of pyridine rings is 1. The number of nitrogens with zero attached hydrogens (tertiary/aromatic N) is 2. The van der Waals surface area contributed by atoms with E-state index in [1.807, 2.05) is 12.1 Å². The van der Waals surface area contributed by atoms with Gasteiger partial charge in [0.25, 0.3) is 0 Å². The molecule has 0 aliphatic rings. The van der Waals surface area contributed by atoms with Crippen molar-refractivity contribution in [1.29, 1.82) is 0 Å². The lowest BCUT2D eigenvalue weighted by atomic mass is 10.2. The number of rotatable bonds is 4. The number of oxime groups is 1. The van der Waals surface area contributed by atoms with Gasteiger partial charge in [0, 0.05) is 16.8 Å². The van der Waals surface area contributed by atoms with Crippen molar-refractivity contribution in [3.63, 3.8) is 0 Å². The van der Waals surface area contributed by atoms with Gasteiger partial charge in [-0.3, -0.25) is 4.98 Å². The second kappa shape index (κ2) is 6.24. The number of amidine groups is 1. The summed E-state index contributed by atoms with van der Waals surface area (Å²) in [5.74, 6) is 0.902. The maximum atomic E-state index is 8.63. The Kier molecular flexibility index (Phi) is 4.41. The van der Waals surface area contributed by atoms with Crippen LogP contribution in [0.2, 0.25) is 0 Å². The lowest BCUT2D eigenvalue weighted by molar-refractivity contribution is 0.318. The van der Waals surface area contributed by atoms with Crippen molar-refractivity contribution in [2.75, 3.05) is 0 Å². The maximum Gasteiger partial charge on any atom is 0.188 e. The summed E-state index contributed by atoms with van der Waals surface area (Å²) < 4.78 is 0. The van der Waals surface area contributed by atoms with Crippen LogP contribution in [0.15, 0.2) is 52.6 Å². The van der Waals surface area contributed by atoms with Gasteiger partial charge in [-0.05, 0) is 24.6 Å². The van der Waals surface area contributed by atoms with E-state index in [0.717, 1.165) is 10.6 Å². The van der Waals surface area contributed by atoms with Crippen LogP contribution in [0.3, 0.4) is 0 Å². The van der Waals surface area contributed by atoms with Gasteiger partial charge in [-0.25, -0.2) is 0 Å². The van der Waals surface area contributed by atoms with Crippen LogP contribution in [-0.2, 0) is 5.75 Å². The van der Waals surface area contributed by atoms with Gasteiger partial charge in [-0.15, -0.1) is 11.8 Å². The topological polar surface area (TPSA) is 71.5 Å². The van der Waals surface area contributed by atoms with Gasteiger partial charge in [0.2, 0.25) is 0 Å². The minimum atomic E-state index is 0.0259. The van der Waals surface area contributed by atoms with Crippen LogP contribution in [0.25, 0.3) is 0 Å². The van der Waals surface area contributed by atoms with Gasteiger partial charge in [0.05, 0.1) is 0 Å². The minimum Gasteiger partial charge on any atom is -0.409 e. The van der Waals surface area contributed by atoms with Crippen LogP contribution in [0.5, 0.6) is 0 Å². The summed E-state index contributed by atoms with van der Waals surface area (Å²) in [5, 5.41) is 11.6. The fourth-order valence-electron chi connectivity index (χ4n) is 1.66. The van der Waals surface area contributed by atoms with Crippen LogP contribution in [0.1, 0.15) is 16.8 Å². The molecule has 1 aromatic carbocycles. The lowest BCUT2D eigenvalue weighted by Crippen LogP contribution is -2.14. The second-order valence-corrected chi connectivity index (χ2v) is 5.19. The predicted molar refractivity (Wildman–Crippen MR) is 77.5 cm³/mol.